The van der Waals surface area contributed by atoms with E-state index in [2.05, 4.69) is 10.6 Å². The van der Waals surface area contributed by atoms with Crippen LogP contribution in [0.1, 0.15) is 48.3 Å². The molecule has 7 nitrogen and oxygen atoms in total. The molecule has 0 spiro atoms. The topological polar surface area (TPSA) is 97.4 Å². The number of esters is 1. The highest BCUT2D eigenvalue weighted by Gasteiger charge is 2.27. The summed E-state index contributed by atoms with van der Waals surface area (Å²) in [5.41, 5.74) is 3.05. The molecule has 0 saturated carbocycles. The van der Waals surface area contributed by atoms with Gasteiger partial charge in [0.25, 0.3) is 5.91 Å². The Morgan fingerprint density at radius 2 is 1.93 bits per heavy atom. The molecule has 0 saturated heterocycles. The van der Waals surface area contributed by atoms with E-state index in [9.17, 15) is 14.4 Å². The third-order valence-corrected chi connectivity index (χ3v) is 4.60. The monoisotopic (exact) mass is 369 g/mol. The quantitative estimate of drug-likeness (QED) is 0.807. The Hall–Kier alpha value is -2.96. The van der Waals surface area contributed by atoms with Gasteiger partial charge in [0.05, 0.1) is 11.1 Å². The van der Waals surface area contributed by atoms with Gasteiger partial charge in [-0.25, -0.2) is 9.59 Å². The summed E-state index contributed by atoms with van der Waals surface area (Å²) in [7, 11) is 0. The van der Waals surface area contributed by atoms with Crippen molar-refractivity contribution in [1.29, 1.82) is 0 Å². The van der Waals surface area contributed by atoms with Crippen molar-refractivity contribution in [2.24, 2.45) is 0 Å². The number of imide groups is 1. The molecule has 1 aliphatic carbocycles. The smallest absolute Gasteiger partial charge is 0.339 e. The van der Waals surface area contributed by atoms with E-state index in [1.165, 1.54) is 6.92 Å². The molecule has 1 aromatic heterocycles. The third-order valence-electron chi connectivity index (χ3n) is 4.60. The lowest BCUT2D eigenvalue weighted by atomic mass is 9.90. The minimum absolute atomic E-state index is 0.391. The van der Waals surface area contributed by atoms with Crippen LogP contribution in [0, 0.1) is 0 Å². The van der Waals surface area contributed by atoms with Crippen molar-refractivity contribution in [2.45, 2.75) is 45.6 Å². The second kappa shape index (κ2) is 8.16. The molecule has 2 aromatic rings. The first kappa shape index (κ1) is 18.8. The number of carbonyl (C=O) groups excluding carboxylic acids is 3. The molecule has 0 radical (unpaired) electrons. The summed E-state index contributed by atoms with van der Waals surface area (Å²) in [6, 6.07) is 6.82. The first-order chi connectivity index (χ1) is 13.0. The van der Waals surface area contributed by atoms with Crippen molar-refractivity contribution in [3.05, 3.63) is 41.1 Å². The number of ether oxygens (including phenoxy) is 1. The molecule has 0 fully saturated rings. The highest BCUT2D eigenvalue weighted by atomic mass is 16.5. The van der Waals surface area contributed by atoms with Gasteiger partial charge < -0.3 is 10.1 Å². The van der Waals surface area contributed by atoms with Gasteiger partial charge in [-0.05, 0) is 51.2 Å². The van der Waals surface area contributed by atoms with E-state index in [-0.39, 0.29) is 0 Å². The Morgan fingerprint density at radius 1 is 1.19 bits per heavy atom. The number of amides is 3. The number of aromatic nitrogens is 1. The fourth-order valence-electron chi connectivity index (χ4n) is 3.30. The Bertz CT molecular complexity index is 894. The first-order valence-corrected chi connectivity index (χ1v) is 9.21. The largest absolute Gasteiger partial charge is 0.449 e. The van der Waals surface area contributed by atoms with Crippen LogP contribution in [0.3, 0.4) is 0 Å². The molecule has 0 aliphatic heterocycles. The number of carbonyl (C=O) groups is 3. The summed E-state index contributed by atoms with van der Waals surface area (Å²) in [4.78, 5) is 41.2. The van der Waals surface area contributed by atoms with Crippen molar-refractivity contribution in [2.75, 3.05) is 6.54 Å². The molecule has 2 N–H and O–H groups in total. The van der Waals surface area contributed by atoms with Crippen molar-refractivity contribution in [1.82, 2.24) is 15.6 Å². The summed E-state index contributed by atoms with van der Waals surface area (Å²) in [5.74, 6) is -1.23. The number of nitrogens with zero attached hydrogens (tertiary/aromatic N) is 1. The lowest BCUT2D eigenvalue weighted by Crippen LogP contribution is -2.44. The molecule has 1 aliphatic rings. The molecule has 142 valence electrons. The number of fused-ring (bicyclic) bond motifs is 2. The molecule has 0 unspecified atom stereocenters. The third kappa shape index (κ3) is 4.07. The number of pyridine rings is 1. The average molecular weight is 369 g/mol. The maximum Gasteiger partial charge on any atom is 0.339 e. The lowest BCUT2D eigenvalue weighted by Gasteiger charge is -2.21. The van der Waals surface area contributed by atoms with Crippen LogP contribution in [0.15, 0.2) is 24.3 Å². The van der Waals surface area contributed by atoms with Gasteiger partial charge in [-0.1, -0.05) is 18.2 Å². The van der Waals surface area contributed by atoms with Gasteiger partial charge in [-0.2, -0.15) is 0 Å². The summed E-state index contributed by atoms with van der Waals surface area (Å²) in [6.07, 6.45) is 2.52. The summed E-state index contributed by atoms with van der Waals surface area (Å²) >= 11 is 0. The van der Waals surface area contributed by atoms with Crippen molar-refractivity contribution >= 4 is 28.8 Å². The number of rotatable bonds is 4. The normalized spacial score (nSPS) is 14.1. The molecular formula is C20H23N3O4. The molecule has 27 heavy (non-hydrogen) atoms. The van der Waals surface area contributed by atoms with E-state index in [0.29, 0.717) is 12.1 Å². The van der Waals surface area contributed by atoms with Gasteiger partial charge in [-0.15, -0.1) is 0 Å². The predicted octanol–water partition coefficient (Wildman–Crippen LogP) is 2.50. The number of aryl methyl sites for hydroxylation is 1. The molecule has 7 heteroatoms. The number of nitrogens with one attached hydrogen (secondary N) is 2. The highest BCUT2D eigenvalue weighted by molar-refractivity contribution is 6.06. The SMILES string of the molecule is CCNC(=O)NC(=O)[C@@H](C)OC(=O)c1c2c(nc3ccccc13)CCCC2. The maximum absolute atomic E-state index is 12.9. The number of para-hydroxylation sites is 1. The number of hydrogen-bond acceptors (Lipinski definition) is 5. The maximum atomic E-state index is 12.9. The van der Waals surface area contributed by atoms with Crippen molar-refractivity contribution in [3.8, 4) is 0 Å². The molecule has 1 atom stereocenters. The molecule has 3 amide bonds. The Kier molecular flexibility index (Phi) is 5.69. The second-order valence-corrected chi connectivity index (χ2v) is 6.53. The summed E-state index contributed by atoms with van der Waals surface area (Å²) in [6.45, 7) is 3.58. The van der Waals surface area contributed by atoms with Gasteiger partial charge in [0, 0.05) is 17.6 Å². The summed E-state index contributed by atoms with van der Waals surface area (Å²) in [5, 5.41) is 5.34. The van der Waals surface area contributed by atoms with Crippen LogP contribution in [0.5, 0.6) is 0 Å². The number of urea groups is 1. The minimum Gasteiger partial charge on any atom is -0.449 e. The Balaban J connectivity index is 1.87. The van der Waals surface area contributed by atoms with E-state index >= 15 is 0 Å². The van der Waals surface area contributed by atoms with E-state index in [0.717, 1.165) is 47.8 Å². The first-order valence-electron chi connectivity index (χ1n) is 9.21. The average Bonchev–Trinajstić information content (AvgIpc) is 2.65. The predicted molar refractivity (Wildman–Crippen MR) is 100 cm³/mol. The van der Waals surface area contributed by atoms with E-state index in [4.69, 9.17) is 9.72 Å². The zero-order valence-corrected chi connectivity index (χ0v) is 15.5. The van der Waals surface area contributed by atoms with Gasteiger partial charge in [0.15, 0.2) is 6.10 Å². The molecule has 1 heterocycles. The number of hydrogen-bond donors (Lipinski definition) is 2. The zero-order chi connectivity index (χ0) is 19.4. The standard InChI is InChI=1S/C20H23N3O4/c1-3-21-20(26)23-18(24)12(2)27-19(25)17-13-8-4-6-10-15(13)22-16-11-7-5-9-14(16)17/h4,6,8,10,12H,3,5,7,9,11H2,1-2H3,(H2,21,23,24,26)/t12-/m1/s1. The van der Waals surface area contributed by atoms with Crippen LogP contribution >= 0.6 is 0 Å². The molecule has 1 aromatic carbocycles. The Morgan fingerprint density at radius 3 is 2.70 bits per heavy atom. The van der Waals surface area contributed by atoms with Crippen LogP contribution in [0.2, 0.25) is 0 Å². The number of benzene rings is 1. The second-order valence-electron chi connectivity index (χ2n) is 6.53. The van der Waals surface area contributed by atoms with Crippen LogP contribution in [0.25, 0.3) is 10.9 Å². The van der Waals surface area contributed by atoms with Gasteiger partial charge in [-0.3, -0.25) is 15.1 Å². The van der Waals surface area contributed by atoms with Crippen LogP contribution in [-0.2, 0) is 22.4 Å². The van der Waals surface area contributed by atoms with E-state index in [1.54, 1.807) is 6.92 Å². The summed E-state index contributed by atoms with van der Waals surface area (Å²) < 4.78 is 5.39. The van der Waals surface area contributed by atoms with Crippen LogP contribution in [-0.4, -0.2) is 35.5 Å². The van der Waals surface area contributed by atoms with E-state index in [1.807, 2.05) is 24.3 Å². The van der Waals surface area contributed by atoms with Crippen LogP contribution in [0.4, 0.5) is 4.79 Å². The zero-order valence-electron chi connectivity index (χ0n) is 15.5. The fraction of sp³-hybridized carbons (Fsp3) is 0.400. The highest BCUT2D eigenvalue weighted by Crippen LogP contribution is 2.30. The fourth-order valence-corrected chi connectivity index (χ4v) is 3.30. The van der Waals surface area contributed by atoms with E-state index < -0.39 is 24.0 Å². The Labute approximate surface area is 157 Å². The molecular weight excluding hydrogens is 346 g/mol. The minimum atomic E-state index is -1.09. The molecule has 3 rings (SSSR count). The van der Waals surface area contributed by atoms with Crippen molar-refractivity contribution in [3.63, 3.8) is 0 Å². The van der Waals surface area contributed by atoms with Gasteiger partial charge >= 0.3 is 12.0 Å². The lowest BCUT2D eigenvalue weighted by molar-refractivity contribution is -0.127. The van der Waals surface area contributed by atoms with Gasteiger partial charge in [0.2, 0.25) is 0 Å². The van der Waals surface area contributed by atoms with Gasteiger partial charge in [0.1, 0.15) is 0 Å². The molecule has 0 bridgehead atoms. The van der Waals surface area contributed by atoms with Crippen LogP contribution < -0.4 is 10.6 Å². The van der Waals surface area contributed by atoms with Crippen molar-refractivity contribution < 1.29 is 19.1 Å².